The van der Waals surface area contributed by atoms with Gasteiger partial charge in [-0.1, -0.05) is 20.8 Å². The number of nitrogens with two attached hydrogens (primary N) is 3. The minimum absolute atomic E-state index is 0.153. The van der Waals surface area contributed by atoms with Gasteiger partial charge in [0.1, 0.15) is 0 Å². The van der Waals surface area contributed by atoms with Gasteiger partial charge in [-0.25, -0.2) is 4.79 Å². The molecule has 11 heteroatoms. The van der Waals surface area contributed by atoms with E-state index in [9.17, 15) is 14.7 Å². The number of carboxylic acid groups (broad SMARTS) is 1. The Morgan fingerprint density at radius 1 is 1.48 bits per heavy atom. The van der Waals surface area contributed by atoms with E-state index in [-0.39, 0.29) is 18.1 Å². The van der Waals surface area contributed by atoms with Crippen LogP contribution in [0.4, 0.5) is 0 Å². The molecule has 1 aliphatic heterocycles. The normalized spacial score (nSPS) is 22.3. The third-order valence-corrected chi connectivity index (χ3v) is 3.43. The highest BCUT2D eigenvalue weighted by atomic mass is 16.5. The molecular weight excluding hydrogens is 358 g/mol. The number of nitrogens with one attached hydrogen (secondary N) is 2. The fourth-order valence-corrected chi connectivity index (χ4v) is 2.13. The van der Waals surface area contributed by atoms with E-state index in [1.54, 1.807) is 0 Å². The first kappa shape index (κ1) is 29.5. The lowest BCUT2D eigenvalue weighted by atomic mass is 9.83. The Hall–Kier alpha value is -2.21. The molecule has 0 bridgehead atoms. The molecule has 0 aliphatic carbocycles. The van der Waals surface area contributed by atoms with Crippen LogP contribution in [0, 0.1) is 11.3 Å². The van der Waals surface area contributed by atoms with Crippen LogP contribution in [0.2, 0.25) is 0 Å². The Balaban J connectivity index is -0.000000725. The van der Waals surface area contributed by atoms with Gasteiger partial charge >= 0.3 is 5.97 Å². The van der Waals surface area contributed by atoms with Gasteiger partial charge in [0.05, 0.1) is 25.1 Å². The van der Waals surface area contributed by atoms with Gasteiger partial charge in [-0.05, 0) is 19.5 Å². The third-order valence-electron chi connectivity index (χ3n) is 3.43. The molecule has 4 atom stereocenters. The number of aliphatic hydroxyl groups is 2. The zero-order valence-electron chi connectivity index (χ0n) is 16.6. The van der Waals surface area contributed by atoms with Crippen LogP contribution in [0.1, 0.15) is 34.1 Å². The first-order valence-corrected chi connectivity index (χ1v) is 8.39. The second kappa shape index (κ2) is 16.0. The summed E-state index contributed by atoms with van der Waals surface area (Å²) in [7, 11) is 1.50. The minimum atomic E-state index is -1.63. The monoisotopic (exact) mass is 393 g/mol. The van der Waals surface area contributed by atoms with E-state index in [2.05, 4.69) is 16.8 Å². The number of aliphatic hydroxyl groups excluding tert-OH is 2. The van der Waals surface area contributed by atoms with Crippen molar-refractivity contribution < 1.29 is 29.6 Å². The van der Waals surface area contributed by atoms with Crippen LogP contribution in [0.5, 0.6) is 0 Å². The van der Waals surface area contributed by atoms with E-state index in [0.29, 0.717) is 0 Å². The molecule has 160 valence electrons. The quantitative estimate of drug-likeness (QED) is 0.205. The van der Waals surface area contributed by atoms with E-state index in [0.717, 1.165) is 6.34 Å². The van der Waals surface area contributed by atoms with Crippen molar-refractivity contribution in [2.75, 3.05) is 13.7 Å². The maximum atomic E-state index is 11.2. The summed E-state index contributed by atoms with van der Waals surface area (Å²) in [6.45, 7) is 6.26. The number of carboxylic acids is 1. The van der Waals surface area contributed by atoms with E-state index in [4.69, 9.17) is 26.1 Å². The van der Waals surface area contributed by atoms with Gasteiger partial charge in [-0.2, -0.15) is 0 Å². The lowest BCUT2D eigenvalue weighted by molar-refractivity contribution is -0.154. The van der Waals surface area contributed by atoms with Crippen molar-refractivity contribution in [3.8, 4) is 0 Å². The van der Waals surface area contributed by atoms with E-state index < -0.39 is 36.4 Å². The second-order valence-electron chi connectivity index (χ2n) is 5.02. The number of hydrogen-bond acceptors (Lipinski definition) is 8. The molecule has 27 heavy (non-hydrogen) atoms. The molecule has 0 saturated heterocycles. The van der Waals surface area contributed by atoms with Crippen molar-refractivity contribution >= 4 is 18.2 Å². The van der Waals surface area contributed by atoms with E-state index in [1.807, 2.05) is 13.8 Å². The SMILES string of the molecule is CC.CC(=O)NC1CC=C(C(=O)O)OC1(N)C(C)C(O)CO.CN.N=CN. The van der Waals surface area contributed by atoms with Crippen molar-refractivity contribution in [1.29, 1.82) is 5.41 Å². The molecule has 0 saturated carbocycles. The number of carbonyl (C=O) groups is 2. The molecule has 1 rings (SSSR count). The van der Waals surface area contributed by atoms with Crippen LogP contribution in [-0.2, 0) is 14.3 Å². The molecule has 1 aliphatic rings. The number of carbonyl (C=O) groups excluding carboxylic acids is 1. The summed E-state index contributed by atoms with van der Waals surface area (Å²) in [6.07, 6.45) is 1.01. The average Bonchev–Trinajstić information content (AvgIpc) is 2.65. The molecule has 0 fully saturated rings. The Morgan fingerprint density at radius 3 is 2.26 bits per heavy atom. The smallest absolute Gasteiger partial charge is 0.370 e. The van der Waals surface area contributed by atoms with Gasteiger partial charge in [0.15, 0.2) is 5.72 Å². The first-order valence-electron chi connectivity index (χ1n) is 8.39. The molecule has 0 spiro atoms. The molecule has 0 radical (unpaired) electrons. The van der Waals surface area contributed by atoms with Gasteiger partial charge < -0.3 is 36.8 Å². The summed E-state index contributed by atoms with van der Waals surface area (Å²) in [6, 6.07) is -0.709. The van der Waals surface area contributed by atoms with Crippen molar-refractivity contribution in [3.05, 3.63) is 11.8 Å². The summed E-state index contributed by atoms with van der Waals surface area (Å²) in [5.74, 6) is -2.78. The van der Waals surface area contributed by atoms with Crippen LogP contribution >= 0.6 is 0 Å². The summed E-state index contributed by atoms with van der Waals surface area (Å²) in [5, 5.41) is 36.1. The summed E-state index contributed by atoms with van der Waals surface area (Å²) in [5.41, 5.74) is 13.3. The molecule has 0 aromatic rings. The van der Waals surface area contributed by atoms with E-state index in [1.165, 1.54) is 27.0 Å². The van der Waals surface area contributed by atoms with Gasteiger partial charge in [0.25, 0.3) is 0 Å². The molecule has 0 aromatic carbocycles. The zero-order valence-corrected chi connectivity index (χ0v) is 16.6. The van der Waals surface area contributed by atoms with Gasteiger partial charge in [-0.3, -0.25) is 15.9 Å². The highest BCUT2D eigenvalue weighted by Crippen LogP contribution is 2.32. The molecular formula is C16H35N5O6. The molecule has 11 nitrogen and oxygen atoms in total. The Labute approximate surface area is 160 Å². The third kappa shape index (κ3) is 9.89. The fourth-order valence-electron chi connectivity index (χ4n) is 2.13. The number of rotatable bonds is 5. The Morgan fingerprint density at radius 2 is 1.93 bits per heavy atom. The number of amides is 1. The highest BCUT2D eigenvalue weighted by Gasteiger charge is 2.48. The van der Waals surface area contributed by atoms with Crippen LogP contribution in [-0.4, -0.2) is 65.1 Å². The summed E-state index contributed by atoms with van der Waals surface area (Å²) in [4.78, 5) is 22.2. The molecule has 4 unspecified atom stereocenters. The largest absolute Gasteiger partial charge is 0.475 e. The second-order valence-corrected chi connectivity index (χ2v) is 5.02. The topological polar surface area (TPSA) is 218 Å². The Bertz CT molecular complexity index is 474. The fraction of sp³-hybridized carbons (Fsp3) is 0.688. The minimum Gasteiger partial charge on any atom is -0.475 e. The average molecular weight is 393 g/mol. The number of aliphatic carboxylic acids is 1. The summed E-state index contributed by atoms with van der Waals surface area (Å²) < 4.78 is 5.29. The Kier molecular flexibility index (Phi) is 17.5. The van der Waals surface area contributed by atoms with Crippen LogP contribution in [0.3, 0.4) is 0 Å². The van der Waals surface area contributed by atoms with Gasteiger partial charge in [0.2, 0.25) is 11.7 Å². The van der Waals surface area contributed by atoms with E-state index >= 15 is 0 Å². The molecule has 1 amide bonds. The zero-order chi connectivity index (χ0) is 22.2. The lowest BCUT2D eigenvalue weighted by Crippen LogP contribution is -2.67. The van der Waals surface area contributed by atoms with Crippen molar-refractivity contribution in [2.45, 2.75) is 52.0 Å². The van der Waals surface area contributed by atoms with Crippen molar-refractivity contribution in [3.63, 3.8) is 0 Å². The predicted molar refractivity (Wildman–Crippen MR) is 103 cm³/mol. The van der Waals surface area contributed by atoms with Crippen LogP contribution in [0.15, 0.2) is 11.8 Å². The first-order chi connectivity index (χ1) is 12.6. The molecule has 0 aromatic heterocycles. The van der Waals surface area contributed by atoms with Gasteiger partial charge in [-0.15, -0.1) is 0 Å². The maximum Gasteiger partial charge on any atom is 0.370 e. The van der Waals surface area contributed by atoms with Crippen LogP contribution < -0.4 is 22.5 Å². The van der Waals surface area contributed by atoms with Gasteiger partial charge in [0, 0.05) is 12.8 Å². The molecule has 1 heterocycles. The summed E-state index contributed by atoms with van der Waals surface area (Å²) >= 11 is 0. The molecule has 11 N–H and O–H groups in total. The van der Waals surface area contributed by atoms with Crippen LogP contribution in [0.25, 0.3) is 0 Å². The number of ether oxygens (including phenoxy) is 1. The van der Waals surface area contributed by atoms with Crippen molar-refractivity contribution in [2.24, 2.45) is 23.1 Å². The lowest BCUT2D eigenvalue weighted by Gasteiger charge is -2.45. The number of hydrogen-bond donors (Lipinski definition) is 8. The van der Waals surface area contributed by atoms with Crippen molar-refractivity contribution in [1.82, 2.24) is 5.32 Å². The standard InChI is InChI=1S/C12H20N2O6.C2H6.CH4N2.CH5N/c1-6(8(17)5-15)12(13)10(14-7(2)16)4-3-9(20-12)11(18)19;1-2;2-1-3;1-2/h3,6,8,10,15,17H,4-5,13H2,1-2H3,(H,14,16)(H,18,19);1-2H3;1H,(H3,2,3);2H2,1H3. The highest BCUT2D eigenvalue weighted by molar-refractivity contribution is 5.84. The maximum absolute atomic E-state index is 11.2. The predicted octanol–water partition coefficient (Wildman–Crippen LogP) is -1.32.